The third-order valence-electron chi connectivity index (χ3n) is 5.14. The average Bonchev–Trinajstić information content (AvgIpc) is 2.84. The highest BCUT2D eigenvalue weighted by Gasteiger charge is 2.41. The third-order valence-corrected chi connectivity index (χ3v) is 5.14. The van der Waals surface area contributed by atoms with Crippen molar-refractivity contribution in [2.45, 2.75) is 76.4 Å². The number of hydrogen-bond donors (Lipinski definition) is 2. The van der Waals surface area contributed by atoms with Crippen LogP contribution in [-0.4, -0.2) is 36.5 Å². The largest absolute Gasteiger partial charge is 0.394 e. The molecular formula is C16H31NO2. The van der Waals surface area contributed by atoms with E-state index in [-0.39, 0.29) is 12.1 Å². The van der Waals surface area contributed by atoms with Gasteiger partial charge in [-0.25, -0.2) is 0 Å². The van der Waals surface area contributed by atoms with Crippen molar-refractivity contribution in [3.63, 3.8) is 0 Å². The van der Waals surface area contributed by atoms with E-state index in [1.54, 1.807) is 0 Å². The van der Waals surface area contributed by atoms with Crippen LogP contribution in [0.3, 0.4) is 0 Å². The number of hydrogen-bond acceptors (Lipinski definition) is 3. The maximum absolute atomic E-state index is 9.76. The Kier molecular flexibility index (Phi) is 6.11. The molecule has 0 aliphatic heterocycles. The Bertz CT molecular complexity index is 253. The van der Waals surface area contributed by atoms with Gasteiger partial charge in [-0.05, 0) is 44.6 Å². The van der Waals surface area contributed by atoms with E-state index in [1.165, 1.54) is 44.9 Å². The lowest BCUT2D eigenvalue weighted by Crippen LogP contribution is -2.51. The molecule has 2 N–H and O–H groups in total. The van der Waals surface area contributed by atoms with Gasteiger partial charge in [0.1, 0.15) is 0 Å². The van der Waals surface area contributed by atoms with Gasteiger partial charge in [-0.3, -0.25) is 0 Å². The molecule has 2 atom stereocenters. The Morgan fingerprint density at radius 1 is 1.16 bits per heavy atom. The van der Waals surface area contributed by atoms with Crippen LogP contribution in [0, 0.1) is 5.92 Å². The van der Waals surface area contributed by atoms with Crippen molar-refractivity contribution >= 4 is 0 Å². The summed E-state index contributed by atoms with van der Waals surface area (Å²) in [4.78, 5) is 0. The van der Waals surface area contributed by atoms with Crippen LogP contribution in [0.4, 0.5) is 0 Å². The van der Waals surface area contributed by atoms with Crippen LogP contribution in [-0.2, 0) is 4.74 Å². The molecule has 2 unspecified atom stereocenters. The quantitative estimate of drug-likeness (QED) is 0.747. The first kappa shape index (κ1) is 15.3. The smallest absolute Gasteiger partial charge is 0.0616 e. The second-order valence-corrected chi connectivity index (χ2v) is 6.35. The maximum Gasteiger partial charge on any atom is 0.0616 e. The van der Waals surface area contributed by atoms with E-state index < -0.39 is 0 Å². The van der Waals surface area contributed by atoms with Crippen LogP contribution in [0.1, 0.15) is 64.7 Å². The van der Waals surface area contributed by atoms with Gasteiger partial charge >= 0.3 is 0 Å². The van der Waals surface area contributed by atoms with Gasteiger partial charge in [0.15, 0.2) is 0 Å². The molecule has 19 heavy (non-hydrogen) atoms. The summed E-state index contributed by atoms with van der Waals surface area (Å²) < 4.78 is 6.05. The highest BCUT2D eigenvalue weighted by atomic mass is 16.5. The Hall–Kier alpha value is -0.120. The van der Waals surface area contributed by atoms with Crippen LogP contribution in [0.2, 0.25) is 0 Å². The van der Waals surface area contributed by atoms with E-state index in [1.807, 2.05) is 0 Å². The molecule has 2 rings (SSSR count). The van der Waals surface area contributed by atoms with Gasteiger partial charge in [0.25, 0.3) is 0 Å². The molecule has 0 aromatic heterocycles. The first-order chi connectivity index (χ1) is 9.30. The summed E-state index contributed by atoms with van der Waals surface area (Å²) in [6.45, 7) is 4.23. The van der Waals surface area contributed by atoms with Gasteiger partial charge in [-0.2, -0.15) is 0 Å². The van der Waals surface area contributed by atoms with E-state index in [0.29, 0.717) is 12.0 Å². The first-order valence-electron chi connectivity index (χ1n) is 8.28. The lowest BCUT2D eigenvalue weighted by Gasteiger charge is -2.35. The van der Waals surface area contributed by atoms with Crippen LogP contribution in [0.5, 0.6) is 0 Å². The molecule has 3 nitrogen and oxygen atoms in total. The van der Waals surface area contributed by atoms with Gasteiger partial charge in [-0.1, -0.05) is 32.6 Å². The van der Waals surface area contributed by atoms with E-state index in [0.717, 1.165) is 26.0 Å². The van der Waals surface area contributed by atoms with Gasteiger partial charge in [0, 0.05) is 12.1 Å². The number of ether oxygens (including phenoxy) is 1. The minimum absolute atomic E-state index is 0.0231. The second-order valence-electron chi connectivity index (χ2n) is 6.35. The second kappa shape index (κ2) is 7.61. The SMILES string of the molecule is CCNC1(CO)CCCC1CCOC1CCCCC1. The summed E-state index contributed by atoms with van der Waals surface area (Å²) in [6, 6.07) is 0. The number of likely N-dealkylation sites (N-methyl/N-ethyl adjacent to an activating group) is 1. The summed E-state index contributed by atoms with van der Waals surface area (Å²) in [5.41, 5.74) is -0.0231. The molecule has 3 heteroatoms. The summed E-state index contributed by atoms with van der Waals surface area (Å²) in [7, 11) is 0. The number of aliphatic hydroxyl groups excluding tert-OH is 1. The molecule has 2 aliphatic carbocycles. The molecule has 2 saturated carbocycles. The van der Waals surface area contributed by atoms with Crippen molar-refractivity contribution in [2.24, 2.45) is 5.92 Å². The molecular weight excluding hydrogens is 238 g/mol. The Morgan fingerprint density at radius 2 is 1.95 bits per heavy atom. The predicted octanol–water partition coefficient (Wildman–Crippen LogP) is 2.87. The fourth-order valence-electron chi connectivity index (χ4n) is 4.02. The standard InChI is InChI=1S/C16H31NO2/c1-2-17-16(13-18)11-6-7-14(16)10-12-19-15-8-4-3-5-9-15/h14-15,17-18H,2-13H2,1H3. The third kappa shape index (κ3) is 3.93. The minimum atomic E-state index is -0.0231. The summed E-state index contributed by atoms with van der Waals surface area (Å²) in [5.74, 6) is 0.584. The number of rotatable bonds is 7. The van der Waals surface area contributed by atoms with Gasteiger partial charge in [0.2, 0.25) is 0 Å². The normalized spacial score (nSPS) is 32.8. The molecule has 0 aromatic rings. The lowest BCUT2D eigenvalue weighted by molar-refractivity contribution is 0.0120. The van der Waals surface area contributed by atoms with Crippen LogP contribution in [0.25, 0.3) is 0 Å². The van der Waals surface area contributed by atoms with Crippen molar-refractivity contribution in [3.8, 4) is 0 Å². The van der Waals surface area contributed by atoms with Crippen molar-refractivity contribution < 1.29 is 9.84 Å². The maximum atomic E-state index is 9.76. The van der Waals surface area contributed by atoms with Gasteiger partial charge < -0.3 is 15.2 Å². The van der Waals surface area contributed by atoms with Crippen LogP contribution in [0.15, 0.2) is 0 Å². The van der Waals surface area contributed by atoms with Crippen LogP contribution < -0.4 is 5.32 Å². The fourth-order valence-corrected chi connectivity index (χ4v) is 4.02. The van der Waals surface area contributed by atoms with Crippen molar-refractivity contribution in [2.75, 3.05) is 19.8 Å². The summed E-state index contributed by atoms with van der Waals surface area (Å²) in [6.07, 6.45) is 11.8. The molecule has 2 fully saturated rings. The lowest BCUT2D eigenvalue weighted by atomic mass is 9.85. The van der Waals surface area contributed by atoms with Crippen molar-refractivity contribution in [1.29, 1.82) is 0 Å². The van der Waals surface area contributed by atoms with Crippen molar-refractivity contribution in [3.05, 3.63) is 0 Å². The zero-order valence-electron chi connectivity index (χ0n) is 12.5. The molecule has 0 radical (unpaired) electrons. The monoisotopic (exact) mass is 269 g/mol. The minimum Gasteiger partial charge on any atom is -0.394 e. The van der Waals surface area contributed by atoms with E-state index >= 15 is 0 Å². The van der Waals surface area contributed by atoms with E-state index in [4.69, 9.17) is 4.74 Å². The van der Waals surface area contributed by atoms with E-state index in [2.05, 4.69) is 12.2 Å². The summed E-state index contributed by atoms with van der Waals surface area (Å²) >= 11 is 0. The fraction of sp³-hybridized carbons (Fsp3) is 1.00. The predicted molar refractivity (Wildman–Crippen MR) is 78.3 cm³/mol. The molecule has 112 valence electrons. The molecule has 0 heterocycles. The Morgan fingerprint density at radius 3 is 2.63 bits per heavy atom. The first-order valence-corrected chi connectivity index (χ1v) is 8.28. The van der Waals surface area contributed by atoms with Crippen LogP contribution >= 0.6 is 0 Å². The zero-order chi connectivity index (χ0) is 13.6. The van der Waals surface area contributed by atoms with Crippen molar-refractivity contribution in [1.82, 2.24) is 5.32 Å². The Labute approximate surface area is 118 Å². The van der Waals surface area contributed by atoms with E-state index in [9.17, 15) is 5.11 Å². The molecule has 2 aliphatic rings. The summed E-state index contributed by atoms with van der Waals surface area (Å²) in [5, 5.41) is 13.3. The van der Waals surface area contributed by atoms with Gasteiger partial charge in [-0.15, -0.1) is 0 Å². The molecule has 0 saturated heterocycles. The Balaban J connectivity index is 1.74. The van der Waals surface area contributed by atoms with Gasteiger partial charge in [0.05, 0.1) is 12.7 Å². The zero-order valence-corrected chi connectivity index (χ0v) is 12.5. The number of aliphatic hydroxyl groups is 1. The highest BCUT2D eigenvalue weighted by molar-refractivity contribution is 4.98. The topological polar surface area (TPSA) is 41.5 Å². The molecule has 0 spiro atoms. The molecule has 0 amide bonds. The highest BCUT2D eigenvalue weighted by Crippen LogP contribution is 2.37. The molecule has 0 aromatic carbocycles. The molecule has 0 bridgehead atoms. The number of nitrogens with one attached hydrogen (secondary N) is 1. The average molecular weight is 269 g/mol.